The zero-order chi connectivity index (χ0) is 13.2. The Morgan fingerprint density at radius 2 is 2.11 bits per heavy atom. The number of thioether (sulfide) groups is 1. The molecule has 2 rings (SSSR count). The van der Waals surface area contributed by atoms with Crippen LogP contribution in [0.4, 0.5) is 18.9 Å². The SMILES string of the molecule is COC1=Nc2cc(C(F)(F)F)ccc2SCCC1. The summed E-state index contributed by atoms with van der Waals surface area (Å²) in [7, 11) is 1.49. The van der Waals surface area contributed by atoms with E-state index < -0.39 is 11.7 Å². The highest BCUT2D eigenvalue weighted by Gasteiger charge is 2.31. The van der Waals surface area contributed by atoms with Gasteiger partial charge in [-0.3, -0.25) is 0 Å². The summed E-state index contributed by atoms with van der Waals surface area (Å²) in [5, 5.41) is 0. The largest absolute Gasteiger partial charge is 0.484 e. The summed E-state index contributed by atoms with van der Waals surface area (Å²) in [6.07, 6.45) is -2.79. The second-order valence-electron chi connectivity index (χ2n) is 3.84. The van der Waals surface area contributed by atoms with Crippen LogP contribution in [0.3, 0.4) is 0 Å². The maximum Gasteiger partial charge on any atom is 0.416 e. The molecule has 0 amide bonds. The zero-order valence-corrected chi connectivity index (χ0v) is 10.6. The number of benzene rings is 1. The Balaban J connectivity index is 2.45. The Hall–Kier alpha value is -1.17. The molecule has 1 aliphatic rings. The molecule has 0 bridgehead atoms. The van der Waals surface area contributed by atoms with Crippen molar-refractivity contribution in [1.82, 2.24) is 0 Å². The van der Waals surface area contributed by atoms with E-state index in [4.69, 9.17) is 4.74 Å². The topological polar surface area (TPSA) is 21.6 Å². The predicted octanol–water partition coefficient (Wildman–Crippen LogP) is 4.27. The Morgan fingerprint density at radius 1 is 1.33 bits per heavy atom. The van der Waals surface area contributed by atoms with Crippen LogP contribution < -0.4 is 0 Å². The molecule has 2 nitrogen and oxygen atoms in total. The van der Waals surface area contributed by atoms with E-state index in [9.17, 15) is 13.2 Å². The van der Waals surface area contributed by atoms with Gasteiger partial charge in [-0.25, -0.2) is 4.99 Å². The van der Waals surface area contributed by atoms with E-state index in [2.05, 4.69) is 4.99 Å². The lowest BCUT2D eigenvalue weighted by atomic mass is 10.2. The normalized spacial score (nSPS) is 16.3. The fourth-order valence-electron chi connectivity index (χ4n) is 1.65. The van der Waals surface area contributed by atoms with Crippen LogP contribution >= 0.6 is 11.8 Å². The van der Waals surface area contributed by atoms with Crippen molar-refractivity contribution in [2.24, 2.45) is 4.99 Å². The second kappa shape index (κ2) is 5.22. The molecule has 0 aliphatic carbocycles. The van der Waals surface area contributed by atoms with Crippen molar-refractivity contribution in [2.75, 3.05) is 12.9 Å². The minimum Gasteiger partial charge on any atom is -0.484 e. The van der Waals surface area contributed by atoms with Crippen LogP contribution in [0, 0.1) is 0 Å². The second-order valence-corrected chi connectivity index (χ2v) is 4.98. The molecule has 0 N–H and O–H groups in total. The van der Waals surface area contributed by atoms with Gasteiger partial charge in [-0.2, -0.15) is 13.2 Å². The first-order valence-electron chi connectivity index (χ1n) is 5.46. The van der Waals surface area contributed by atoms with Crippen molar-refractivity contribution < 1.29 is 17.9 Å². The molecule has 0 spiro atoms. The summed E-state index contributed by atoms with van der Waals surface area (Å²) in [5.74, 6) is 1.33. The zero-order valence-electron chi connectivity index (χ0n) is 9.75. The van der Waals surface area contributed by atoms with Crippen molar-refractivity contribution in [3.63, 3.8) is 0 Å². The summed E-state index contributed by atoms with van der Waals surface area (Å²) in [4.78, 5) is 4.93. The van der Waals surface area contributed by atoms with Crippen LogP contribution in [-0.2, 0) is 10.9 Å². The highest BCUT2D eigenvalue weighted by Crippen LogP contribution is 2.38. The smallest absolute Gasteiger partial charge is 0.416 e. The van der Waals surface area contributed by atoms with E-state index in [0.29, 0.717) is 18.0 Å². The fraction of sp³-hybridized carbons (Fsp3) is 0.417. The van der Waals surface area contributed by atoms with Crippen LogP contribution in [0.2, 0.25) is 0 Å². The van der Waals surface area contributed by atoms with E-state index in [-0.39, 0.29) is 0 Å². The summed E-state index contributed by atoms with van der Waals surface area (Å²) in [5.41, 5.74) is -0.340. The summed E-state index contributed by atoms with van der Waals surface area (Å²) < 4.78 is 43.0. The molecule has 1 heterocycles. The Bertz CT molecular complexity index is 471. The van der Waals surface area contributed by atoms with Gasteiger partial charge in [-0.05, 0) is 30.4 Å². The number of ether oxygens (including phenoxy) is 1. The molecule has 6 heteroatoms. The molecular formula is C12H12F3NOS. The van der Waals surface area contributed by atoms with Gasteiger partial charge in [-0.15, -0.1) is 11.8 Å². The number of rotatable bonds is 0. The molecule has 0 saturated heterocycles. The van der Waals surface area contributed by atoms with Crippen LogP contribution in [0.5, 0.6) is 0 Å². The summed E-state index contributed by atoms with van der Waals surface area (Å²) >= 11 is 1.52. The fourth-order valence-corrected chi connectivity index (χ4v) is 2.57. The minimum absolute atomic E-state index is 0.339. The molecule has 0 radical (unpaired) electrons. The Morgan fingerprint density at radius 3 is 2.78 bits per heavy atom. The molecule has 0 unspecified atom stereocenters. The third kappa shape index (κ3) is 2.98. The van der Waals surface area contributed by atoms with Gasteiger partial charge < -0.3 is 4.74 Å². The first kappa shape index (κ1) is 13.3. The lowest BCUT2D eigenvalue weighted by Crippen LogP contribution is -2.06. The summed E-state index contributed by atoms with van der Waals surface area (Å²) in [6, 6.07) is 3.65. The molecule has 1 aromatic rings. The minimum atomic E-state index is -4.34. The Labute approximate surface area is 107 Å². The van der Waals surface area contributed by atoms with E-state index >= 15 is 0 Å². The molecule has 18 heavy (non-hydrogen) atoms. The number of halogens is 3. The number of hydrogen-bond acceptors (Lipinski definition) is 3. The molecule has 1 aliphatic heterocycles. The Kier molecular flexibility index (Phi) is 3.85. The number of hydrogen-bond donors (Lipinski definition) is 0. The molecular weight excluding hydrogens is 263 g/mol. The van der Waals surface area contributed by atoms with Gasteiger partial charge in [-0.1, -0.05) is 0 Å². The van der Waals surface area contributed by atoms with E-state index in [1.165, 1.54) is 24.9 Å². The average molecular weight is 275 g/mol. The van der Waals surface area contributed by atoms with E-state index in [1.807, 2.05) is 0 Å². The molecule has 0 fully saturated rings. The van der Waals surface area contributed by atoms with Crippen LogP contribution in [0.1, 0.15) is 18.4 Å². The van der Waals surface area contributed by atoms with Crippen LogP contribution in [0.15, 0.2) is 28.1 Å². The standard InChI is InChI=1S/C12H12F3NOS/c1-17-11-3-2-6-18-10-5-4-8(12(13,14)15)7-9(10)16-11/h4-5,7H,2-3,6H2,1H3. The first-order chi connectivity index (χ1) is 8.50. The first-order valence-corrected chi connectivity index (χ1v) is 6.45. The van der Waals surface area contributed by atoms with Gasteiger partial charge in [0.1, 0.15) is 0 Å². The molecule has 1 aromatic carbocycles. The van der Waals surface area contributed by atoms with Crippen molar-refractivity contribution >= 4 is 23.3 Å². The third-order valence-corrected chi connectivity index (χ3v) is 3.71. The maximum atomic E-state index is 12.6. The van der Waals surface area contributed by atoms with Gasteiger partial charge >= 0.3 is 6.18 Å². The summed E-state index contributed by atoms with van der Waals surface area (Å²) in [6.45, 7) is 0. The quantitative estimate of drug-likeness (QED) is 0.705. The van der Waals surface area contributed by atoms with Crippen molar-refractivity contribution in [2.45, 2.75) is 23.9 Å². The van der Waals surface area contributed by atoms with Crippen LogP contribution in [-0.4, -0.2) is 18.8 Å². The van der Waals surface area contributed by atoms with Crippen molar-refractivity contribution in [3.8, 4) is 0 Å². The van der Waals surface area contributed by atoms with Crippen molar-refractivity contribution in [1.29, 1.82) is 0 Å². The van der Waals surface area contributed by atoms with E-state index in [1.54, 1.807) is 0 Å². The van der Waals surface area contributed by atoms with Gasteiger partial charge in [0, 0.05) is 11.3 Å². The lowest BCUT2D eigenvalue weighted by molar-refractivity contribution is -0.137. The lowest BCUT2D eigenvalue weighted by Gasteiger charge is -2.14. The molecule has 98 valence electrons. The van der Waals surface area contributed by atoms with Gasteiger partial charge in [0.25, 0.3) is 0 Å². The van der Waals surface area contributed by atoms with Crippen molar-refractivity contribution in [3.05, 3.63) is 23.8 Å². The predicted molar refractivity (Wildman–Crippen MR) is 65.5 cm³/mol. The van der Waals surface area contributed by atoms with E-state index in [0.717, 1.165) is 29.2 Å². The van der Waals surface area contributed by atoms with Crippen LogP contribution in [0.25, 0.3) is 0 Å². The number of alkyl halides is 3. The number of nitrogens with zero attached hydrogens (tertiary/aromatic N) is 1. The molecule has 0 aromatic heterocycles. The maximum absolute atomic E-state index is 12.6. The monoisotopic (exact) mass is 275 g/mol. The number of aliphatic imine (C=N–C) groups is 1. The molecule has 0 atom stereocenters. The number of methoxy groups -OCH3 is 1. The highest BCUT2D eigenvalue weighted by molar-refractivity contribution is 7.99. The molecule has 0 saturated carbocycles. The average Bonchev–Trinajstić information content (AvgIpc) is 2.28. The highest BCUT2D eigenvalue weighted by atomic mass is 32.2. The third-order valence-electron chi connectivity index (χ3n) is 2.56. The van der Waals surface area contributed by atoms with Gasteiger partial charge in [0.15, 0.2) is 5.90 Å². The van der Waals surface area contributed by atoms with Gasteiger partial charge in [0.05, 0.1) is 18.4 Å². The number of fused-ring (bicyclic) bond motifs is 1. The van der Waals surface area contributed by atoms with Gasteiger partial charge in [0.2, 0.25) is 0 Å².